The molecule has 0 amide bonds. The normalized spacial score (nSPS) is 15.6. The molecule has 2 aromatic heterocycles. The summed E-state index contributed by atoms with van der Waals surface area (Å²) in [5.41, 5.74) is 3.33. The SMILES string of the molecule is CCOC(=O)c1c(C)[nH]c(C)c1C(=O)CN1CCC(c2nc3ccccc3s2)CC1. The molecule has 6 nitrogen and oxygen atoms in total. The van der Waals surface area contributed by atoms with E-state index in [9.17, 15) is 9.59 Å². The standard InChI is InChI=1S/C23H27N3O3S/c1-4-29-23(28)21-15(3)24-14(2)20(21)18(27)13-26-11-9-16(10-12-26)22-25-17-7-5-6-8-19(17)30-22/h5-8,16,24H,4,9-13H2,1-3H3. The number of Topliss-reactive ketones (excluding diaryl/α,β-unsaturated/α-hetero) is 1. The highest BCUT2D eigenvalue weighted by Gasteiger charge is 2.29. The maximum Gasteiger partial charge on any atom is 0.340 e. The van der Waals surface area contributed by atoms with E-state index in [0.29, 0.717) is 29.3 Å². The van der Waals surface area contributed by atoms with Gasteiger partial charge in [-0.15, -0.1) is 11.3 Å². The number of carbonyl (C=O) groups excluding carboxylic acids is 2. The smallest absolute Gasteiger partial charge is 0.340 e. The highest BCUT2D eigenvalue weighted by atomic mass is 32.1. The number of aromatic amines is 1. The molecule has 7 heteroatoms. The number of carbonyl (C=O) groups is 2. The van der Waals surface area contributed by atoms with Crippen LogP contribution < -0.4 is 0 Å². The van der Waals surface area contributed by atoms with Crippen molar-refractivity contribution in [3.8, 4) is 0 Å². The average Bonchev–Trinajstić information content (AvgIpc) is 3.28. The van der Waals surface area contributed by atoms with Gasteiger partial charge in [0.25, 0.3) is 0 Å². The maximum atomic E-state index is 13.1. The van der Waals surface area contributed by atoms with E-state index in [1.807, 2.05) is 19.1 Å². The summed E-state index contributed by atoms with van der Waals surface area (Å²) in [6.07, 6.45) is 1.98. The molecule has 0 atom stereocenters. The van der Waals surface area contributed by atoms with Gasteiger partial charge in [-0.05, 0) is 58.8 Å². The molecule has 0 spiro atoms. The van der Waals surface area contributed by atoms with Crippen LogP contribution in [0.5, 0.6) is 0 Å². The number of thiazole rings is 1. The van der Waals surface area contributed by atoms with Gasteiger partial charge in [0.1, 0.15) is 0 Å². The van der Waals surface area contributed by atoms with E-state index in [2.05, 4.69) is 22.0 Å². The van der Waals surface area contributed by atoms with Crippen LogP contribution in [0.15, 0.2) is 24.3 Å². The number of nitrogens with one attached hydrogen (secondary N) is 1. The molecule has 1 N–H and O–H groups in total. The fourth-order valence-electron chi connectivity index (χ4n) is 4.27. The van der Waals surface area contributed by atoms with E-state index < -0.39 is 5.97 Å². The molecule has 1 saturated heterocycles. The zero-order chi connectivity index (χ0) is 21.3. The van der Waals surface area contributed by atoms with Gasteiger partial charge >= 0.3 is 5.97 Å². The number of piperidine rings is 1. The fraction of sp³-hybridized carbons (Fsp3) is 0.435. The van der Waals surface area contributed by atoms with Crippen LogP contribution in [0.3, 0.4) is 0 Å². The molecule has 1 fully saturated rings. The molecule has 0 bridgehead atoms. The third-order valence-electron chi connectivity index (χ3n) is 5.75. The molecule has 158 valence electrons. The highest BCUT2D eigenvalue weighted by Crippen LogP contribution is 2.34. The lowest BCUT2D eigenvalue weighted by atomic mass is 9.96. The summed E-state index contributed by atoms with van der Waals surface area (Å²) in [4.78, 5) is 35.5. The van der Waals surface area contributed by atoms with Gasteiger partial charge in [-0.25, -0.2) is 9.78 Å². The molecule has 1 aromatic carbocycles. The first kappa shape index (κ1) is 20.8. The molecule has 3 aromatic rings. The van der Waals surface area contributed by atoms with Gasteiger partial charge in [-0.2, -0.15) is 0 Å². The summed E-state index contributed by atoms with van der Waals surface area (Å²) in [6, 6.07) is 8.25. The molecule has 0 aliphatic carbocycles. The van der Waals surface area contributed by atoms with Crippen molar-refractivity contribution in [2.24, 2.45) is 0 Å². The molecule has 3 heterocycles. The Kier molecular flexibility index (Phi) is 6.01. The lowest BCUT2D eigenvalue weighted by Crippen LogP contribution is -2.37. The second-order valence-corrected chi connectivity index (χ2v) is 8.90. The second kappa shape index (κ2) is 8.70. The molecule has 1 aliphatic heterocycles. The fourth-order valence-corrected chi connectivity index (χ4v) is 5.41. The number of hydrogen-bond acceptors (Lipinski definition) is 6. The van der Waals surface area contributed by atoms with Crippen molar-refractivity contribution in [2.75, 3.05) is 26.2 Å². The van der Waals surface area contributed by atoms with Crippen LogP contribution in [0.1, 0.15) is 62.8 Å². The molecule has 0 radical (unpaired) electrons. The lowest BCUT2D eigenvalue weighted by Gasteiger charge is -2.30. The Labute approximate surface area is 180 Å². The van der Waals surface area contributed by atoms with Gasteiger partial charge in [0.2, 0.25) is 0 Å². The van der Waals surface area contributed by atoms with Gasteiger partial charge < -0.3 is 9.72 Å². The number of ketones is 1. The van der Waals surface area contributed by atoms with Gasteiger partial charge in [-0.3, -0.25) is 9.69 Å². The third kappa shape index (κ3) is 4.04. The monoisotopic (exact) mass is 425 g/mol. The molecule has 4 rings (SSSR count). The molecule has 1 aliphatic rings. The van der Waals surface area contributed by atoms with Gasteiger partial charge in [-0.1, -0.05) is 12.1 Å². The molecule has 0 saturated carbocycles. The number of nitrogens with zero attached hydrogens (tertiary/aromatic N) is 2. The minimum absolute atomic E-state index is 0.0293. The predicted molar refractivity (Wildman–Crippen MR) is 119 cm³/mol. The minimum atomic E-state index is -0.433. The second-order valence-electron chi connectivity index (χ2n) is 7.84. The number of benzene rings is 1. The van der Waals surface area contributed by atoms with E-state index in [1.54, 1.807) is 25.2 Å². The Morgan fingerprint density at radius 3 is 2.57 bits per heavy atom. The van der Waals surface area contributed by atoms with Crippen LogP contribution >= 0.6 is 11.3 Å². The van der Waals surface area contributed by atoms with Crippen molar-refractivity contribution >= 4 is 33.3 Å². The lowest BCUT2D eigenvalue weighted by molar-refractivity contribution is 0.0521. The maximum absolute atomic E-state index is 13.1. The van der Waals surface area contributed by atoms with Crippen LogP contribution in [0, 0.1) is 13.8 Å². The molecular formula is C23H27N3O3S. The van der Waals surface area contributed by atoms with Crippen molar-refractivity contribution in [1.82, 2.24) is 14.9 Å². The van der Waals surface area contributed by atoms with E-state index in [0.717, 1.165) is 37.1 Å². The number of para-hydroxylation sites is 1. The molecule has 0 unspecified atom stereocenters. The number of aromatic nitrogens is 2. The summed E-state index contributed by atoms with van der Waals surface area (Å²) in [5.74, 6) is -0.0179. The van der Waals surface area contributed by atoms with E-state index in [-0.39, 0.29) is 12.4 Å². The number of H-pyrrole nitrogens is 1. The van der Waals surface area contributed by atoms with Crippen LogP contribution in [0.4, 0.5) is 0 Å². The summed E-state index contributed by atoms with van der Waals surface area (Å²) >= 11 is 1.78. The zero-order valence-electron chi connectivity index (χ0n) is 17.7. The van der Waals surface area contributed by atoms with Crippen LogP contribution in [0.25, 0.3) is 10.2 Å². The topological polar surface area (TPSA) is 75.3 Å². The highest BCUT2D eigenvalue weighted by molar-refractivity contribution is 7.18. The van der Waals surface area contributed by atoms with Crippen molar-refractivity contribution in [3.63, 3.8) is 0 Å². The van der Waals surface area contributed by atoms with Crippen LogP contribution in [-0.2, 0) is 4.74 Å². The number of fused-ring (bicyclic) bond motifs is 1. The summed E-state index contributed by atoms with van der Waals surface area (Å²) in [5, 5.41) is 1.20. The largest absolute Gasteiger partial charge is 0.462 e. The Morgan fingerprint density at radius 2 is 1.87 bits per heavy atom. The Morgan fingerprint density at radius 1 is 1.17 bits per heavy atom. The number of esters is 1. The Hall–Kier alpha value is -2.51. The van der Waals surface area contributed by atoms with Crippen LogP contribution in [0.2, 0.25) is 0 Å². The van der Waals surface area contributed by atoms with E-state index in [4.69, 9.17) is 9.72 Å². The van der Waals surface area contributed by atoms with Crippen molar-refractivity contribution < 1.29 is 14.3 Å². The minimum Gasteiger partial charge on any atom is -0.462 e. The molecule has 30 heavy (non-hydrogen) atoms. The van der Waals surface area contributed by atoms with E-state index in [1.165, 1.54) is 9.71 Å². The van der Waals surface area contributed by atoms with Gasteiger partial charge in [0, 0.05) is 17.3 Å². The van der Waals surface area contributed by atoms with E-state index >= 15 is 0 Å². The number of aryl methyl sites for hydroxylation is 2. The first-order valence-electron chi connectivity index (χ1n) is 10.4. The quantitative estimate of drug-likeness (QED) is 0.465. The van der Waals surface area contributed by atoms with Gasteiger partial charge in [0.05, 0.1) is 39.5 Å². The first-order chi connectivity index (χ1) is 14.5. The zero-order valence-corrected chi connectivity index (χ0v) is 18.5. The Balaban J connectivity index is 1.42. The number of rotatable bonds is 6. The average molecular weight is 426 g/mol. The van der Waals surface area contributed by atoms with Crippen molar-refractivity contribution in [2.45, 2.75) is 39.5 Å². The summed E-state index contributed by atoms with van der Waals surface area (Å²) in [7, 11) is 0. The molecular weight excluding hydrogens is 398 g/mol. The number of ether oxygens (including phenoxy) is 1. The van der Waals surface area contributed by atoms with Crippen LogP contribution in [-0.4, -0.2) is 52.9 Å². The van der Waals surface area contributed by atoms with Gasteiger partial charge in [0.15, 0.2) is 5.78 Å². The van der Waals surface area contributed by atoms with Crippen molar-refractivity contribution in [3.05, 3.63) is 51.8 Å². The number of hydrogen-bond donors (Lipinski definition) is 1. The van der Waals surface area contributed by atoms with Crippen molar-refractivity contribution in [1.29, 1.82) is 0 Å². The number of likely N-dealkylation sites (tertiary alicyclic amines) is 1. The third-order valence-corrected chi connectivity index (χ3v) is 6.95. The Bertz CT molecular complexity index is 1040. The first-order valence-corrected chi connectivity index (χ1v) is 11.3. The summed E-state index contributed by atoms with van der Waals surface area (Å²) in [6.45, 7) is 7.71. The predicted octanol–water partition coefficient (Wildman–Crippen LogP) is 4.48. The summed E-state index contributed by atoms with van der Waals surface area (Å²) < 4.78 is 6.39.